The molecule has 0 saturated carbocycles. The van der Waals surface area contributed by atoms with E-state index < -0.39 is 5.97 Å². The number of carbonyl (C=O) groups excluding carboxylic acids is 2. The standard InChI is InChI=1S/C20H19NO4S/c1-3-25-19(22)13-21-16-6-4-5-7-17(16)26-18(20(21)23)12-14-8-10-15(24-2)11-9-14/h4-12H,3,13H2,1-2H3/b18-12-. The van der Waals surface area contributed by atoms with Gasteiger partial charge in [0, 0.05) is 4.90 Å². The number of methoxy groups -OCH3 is 1. The lowest BCUT2D eigenvalue weighted by molar-refractivity contribution is -0.142. The van der Waals surface area contributed by atoms with Crippen LogP contribution < -0.4 is 9.64 Å². The Hall–Kier alpha value is -2.73. The number of carbonyl (C=O) groups is 2. The van der Waals surface area contributed by atoms with Crippen molar-refractivity contribution in [3.63, 3.8) is 0 Å². The molecule has 0 fully saturated rings. The fraction of sp³-hybridized carbons (Fsp3) is 0.200. The number of hydrogen-bond acceptors (Lipinski definition) is 5. The number of rotatable bonds is 5. The van der Waals surface area contributed by atoms with E-state index in [4.69, 9.17) is 9.47 Å². The lowest BCUT2D eigenvalue weighted by Crippen LogP contribution is -2.39. The van der Waals surface area contributed by atoms with Gasteiger partial charge in [0.25, 0.3) is 5.91 Å². The SMILES string of the molecule is CCOC(=O)CN1C(=O)/C(=C/c2ccc(OC)cc2)Sc2ccccc21. The maximum absolute atomic E-state index is 13.0. The second kappa shape index (κ2) is 8.10. The van der Waals surface area contributed by atoms with Crippen LogP contribution in [0, 0.1) is 0 Å². The molecule has 0 atom stereocenters. The van der Waals surface area contributed by atoms with Gasteiger partial charge in [0.1, 0.15) is 12.3 Å². The van der Waals surface area contributed by atoms with E-state index in [1.807, 2.05) is 54.6 Å². The fourth-order valence-corrected chi connectivity index (χ4v) is 3.67. The predicted molar refractivity (Wildman–Crippen MR) is 102 cm³/mol. The molecular formula is C20H19NO4S. The Balaban J connectivity index is 1.94. The van der Waals surface area contributed by atoms with Gasteiger partial charge in [-0.3, -0.25) is 14.5 Å². The second-order valence-electron chi connectivity index (χ2n) is 5.55. The molecule has 0 radical (unpaired) electrons. The molecule has 6 heteroatoms. The van der Waals surface area contributed by atoms with Crippen molar-refractivity contribution in [2.45, 2.75) is 11.8 Å². The number of nitrogens with zero attached hydrogens (tertiary/aromatic N) is 1. The molecule has 0 saturated heterocycles. The Bertz CT molecular complexity index is 845. The average molecular weight is 369 g/mol. The number of benzene rings is 2. The molecule has 0 bridgehead atoms. The zero-order chi connectivity index (χ0) is 18.5. The van der Waals surface area contributed by atoms with Gasteiger partial charge >= 0.3 is 5.97 Å². The first-order chi connectivity index (χ1) is 12.6. The van der Waals surface area contributed by atoms with E-state index in [9.17, 15) is 9.59 Å². The Labute approximate surface area is 156 Å². The van der Waals surface area contributed by atoms with Gasteiger partial charge in [0.05, 0.1) is 24.3 Å². The van der Waals surface area contributed by atoms with Crippen molar-refractivity contribution in [2.75, 3.05) is 25.2 Å². The summed E-state index contributed by atoms with van der Waals surface area (Å²) in [5, 5.41) is 0. The van der Waals surface area contributed by atoms with E-state index in [-0.39, 0.29) is 19.1 Å². The van der Waals surface area contributed by atoms with E-state index in [2.05, 4.69) is 0 Å². The van der Waals surface area contributed by atoms with Crippen LogP contribution in [0.5, 0.6) is 5.75 Å². The quantitative estimate of drug-likeness (QED) is 0.594. The molecule has 2 aromatic carbocycles. The van der Waals surface area contributed by atoms with Crippen LogP contribution in [0.25, 0.3) is 6.08 Å². The van der Waals surface area contributed by atoms with Crippen molar-refractivity contribution < 1.29 is 19.1 Å². The molecule has 0 unspecified atom stereocenters. The number of hydrogen-bond donors (Lipinski definition) is 0. The summed E-state index contributed by atoms with van der Waals surface area (Å²) in [7, 11) is 1.61. The van der Waals surface area contributed by atoms with Crippen LogP contribution >= 0.6 is 11.8 Å². The maximum atomic E-state index is 13.0. The minimum atomic E-state index is -0.425. The van der Waals surface area contributed by atoms with Crippen LogP contribution in [-0.4, -0.2) is 32.1 Å². The molecule has 0 spiro atoms. The summed E-state index contributed by atoms with van der Waals surface area (Å²) >= 11 is 1.40. The predicted octanol–water partition coefficient (Wildman–Crippen LogP) is 3.74. The number of esters is 1. The molecule has 2 aromatic rings. The summed E-state index contributed by atoms with van der Waals surface area (Å²) in [6, 6.07) is 15.0. The van der Waals surface area contributed by atoms with E-state index in [0.717, 1.165) is 21.9 Å². The largest absolute Gasteiger partial charge is 0.497 e. The number of para-hydroxylation sites is 1. The Kier molecular flexibility index (Phi) is 5.63. The third-order valence-electron chi connectivity index (χ3n) is 3.84. The Morgan fingerprint density at radius 3 is 2.58 bits per heavy atom. The lowest BCUT2D eigenvalue weighted by atomic mass is 10.2. The third-order valence-corrected chi connectivity index (χ3v) is 4.92. The van der Waals surface area contributed by atoms with Gasteiger partial charge in [0.15, 0.2) is 0 Å². The maximum Gasteiger partial charge on any atom is 0.326 e. The van der Waals surface area contributed by atoms with Gasteiger partial charge in [-0.2, -0.15) is 0 Å². The van der Waals surface area contributed by atoms with Gasteiger partial charge in [-0.05, 0) is 42.8 Å². The Morgan fingerprint density at radius 2 is 1.88 bits per heavy atom. The summed E-state index contributed by atoms with van der Waals surface area (Å²) in [6.45, 7) is 1.92. The molecule has 0 aliphatic carbocycles. The molecule has 26 heavy (non-hydrogen) atoms. The summed E-state index contributed by atoms with van der Waals surface area (Å²) in [5.41, 5.74) is 1.61. The highest BCUT2D eigenvalue weighted by atomic mass is 32.2. The third kappa shape index (κ3) is 3.91. The van der Waals surface area contributed by atoms with E-state index in [1.165, 1.54) is 16.7 Å². The molecule has 3 rings (SSSR count). The van der Waals surface area contributed by atoms with Gasteiger partial charge in [-0.25, -0.2) is 0 Å². The first-order valence-corrected chi connectivity index (χ1v) is 9.04. The van der Waals surface area contributed by atoms with Crippen molar-refractivity contribution in [3.8, 4) is 5.75 Å². The monoisotopic (exact) mass is 369 g/mol. The van der Waals surface area contributed by atoms with E-state index >= 15 is 0 Å². The van der Waals surface area contributed by atoms with Crippen LogP contribution in [0.2, 0.25) is 0 Å². The average Bonchev–Trinajstić information content (AvgIpc) is 2.66. The van der Waals surface area contributed by atoms with E-state index in [1.54, 1.807) is 14.0 Å². The molecule has 5 nitrogen and oxygen atoms in total. The van der Waals surface area contributed by atoms with Gasteiger partial charge in [-0.1, -0.05) is 36.0 Å². The molecular weight excluding hydrogens is 350 g/mol. The molecule has 1 amide bonds. The molecule has 0 N–H and O–H groups in total. The van der Waals surface area contributed by atoms with Crippen LogP contribution in [0.3, 0.4) is 0 Å². The van der Waals surface area contributed by atoms with Crippen molar-refractivity contribution in [1.82, 2.24) is 0 Å². The van der Waals surface area contributed by atoms with Crippen molar-refractivity contribution in [2.24, 2.45) is 0 Å². The first-order valence-electron chi connectivity index (χ1n) is 8.22. The highest BCUT2D eigenvalue weighted by Gasteiger charge is 2.30. The number of amides is 1. The van der Waals surface area contributed by atoms with Gasteiger partial charge in [-0.15, -0.1) is 0 Å². The number of thioether (sulfide) groups is 1. The van der Waals surface area contributed by atoms with Crippen molar-refractivity contribution in [1.29, 1.82) is 0 Å². The van der Waals surface area contributed by atoms with Crippen molar-refractivity contribution in [3.05, 3.63) is 59.0 Å². The summed E-state index contributed by atoms with van der Waals surface area (Å²) < 4.78 is 10.2. The molecule has 1 aliphatic rings. The molecule has 1 aliphatic heterocycles. The zero-order valence-corrected chi connectivity index (χ0v) is 15.4. The smallest absolute Gasteiger partial charge is 0.326 e. The minimum Gasteiger partial charge on any atom is -0.497 e. The molecule has 1 heterocycles. The molecule has 0 aromatic heterocycles. The number of anilines is 1. The second-order valence-corrected chi connectivity index (χ2v) is 6.63. The summed E-state index contributed by atoms with van der Waals surface area (Å²) in [5.74, 6) is 0.118. The highest BCUT2D eigenvalue weighted by Crippen LogP contribution is 2.41. The Morgan fingerprint density at radius 1 is 1.15 bits per heavy atom. The molecule has 134 valence electrons. The number of ether oxygens (including phenoxy) is 2. The zero-order valence-electron chi connectivity index (χ0n) is 14.6. The highest BCUT2D eigenvalue weighted by molar-refractivity contribution is 8.04. The lowest BCUT2D eigenvalue weighted by Gasteiger charge is -2.29. The van der Waals surface area contributed by atoms with Crippen LogP contribution in [0.4, 0.5) is 5.69 Å². The number of fused-ring (bicyclic) bond motifs is 1. The van der Waals surface area contributed by atoms with Crippen molar-refractivity contribution >= 4 is 35.4 Å². The summed E-state index contributed by atoms with van der Waals surface area (Å²) in [4.78, 5) is 27.9. The fourth-order valence-electron chi connectivity index (χ4n) is 2.61. The summed E-state index contributed by atoms with van der Waals surface area (Å²) in [6.07, 6.45) is 1.82. The minimum absolute atomic E-state index is 0.107. The van der Waals surface area contributed by atoms with Crippen LogP contribution in [0.15, 0.2) is 58.3 Å². The van der Waals surface area contributed by atoms with Crippen LogP contribution in [-0.2, 0) is 14.3 Å². The van der Waals surface area contributed by atoms with E-state index in [0.29, 0.717) is 4.91 Å². The normalized spacial score (nSPS) is 14.9. The van der Waals surface area contributed by atoms with Gasteiger partial charge in [0.2, 0.25) is 0 Å². The van der Waals surface area contributed by atoms with Crippen LogP contribution in [0.1, 0.15) is 12.5 Å². The topological polar surface area (TPSA) is 55.8 Å². The first kappa shape index (κ1) is 18.1. The van der Waals surface area contributed by atoms with Gasteiger partial charge < -0.3 is 9.47 Å².